The number of aromatic amines is 1. The molecule has 2 unspecified atom stereocenters. The highest BCUT2D eigenvalue weighted by atomic mass is 35.5. The number of hydrogen-bond acceptors (Lipinski definition) is 10. The van der Waals surface area contributed by atoms with Crippen LogP contribution in [0.15, 0.2) is 61.7 Å². The highest BCUT2D eigenvalue weighted by Crippen LogP contribution is 2.31. The number of hydrogen-bond donors (Lipinski definition) is 1. The van der Waals surface area contributed by atoms with Crippen LogP contribution in [0.2, 0.25) is 8.67 Å². The SMILES string of the molecule is C=CCOC(=O)N1CCC(c2cc(CCc3ccc(Cl)s3)[nH]n2)C1.C=CCOC(=O)N1CCC(c2cc(CCc3ccc(Cl)s3)n(C(=O)C(C)(C)C)n2)C1.CC(C)(C)C(=O)Cl. The fraction of sp³-hybridized carbons (Fsp3) is 0.500. The number of thiophene rings is 2. The molecule has 2 fully saturated rings. The number of halogens is 3. The summed E-state index contributed by atoms with van der Waals surface area (Å²) < 4.78 is 13.4. The van der Waals surface area contributed by atoms with Crippen LogP contribution in [0.3, 0.4) is 0 Å². The van der Waals surface area contributed by atoms with Crippen molar-refractivity contribution in [2.75, 3.05) is 39.4 Å². The summed E-state index contributed by atoms with van der Waals surface area (Å²) in [7, 11) is 0. The van der Waals surface area contributed by atoms with Gasteiger partial charge in [0, 0.05) is 70.0 Å². The summed E-state index contributed by atoms with van der Waals surface area (Å²) in [4.78, 5) is 53.1. The van der Waals surface area contributed by atoms with Gasteiger partial charge in [0.15, 0.2) is 0 Å². The Labute approximate surface area is 382 Å². The van der Waals surface area contributed by atoms with Gasteiger partial charge in [0.1, 0.15) is 13.2 Å². The Morgan fingerprint density at radius 3 is 1.70 bits per heavy atom. The number of aryl methyl sites for hydroxylation is 4. The van der Waals surface area contributed by atoms with E-state index in [0.717, 1.165) is 63.6 Å². The molecule has 0 aliphatic carbocycles. The largest absolute Gasteiger partial charge is 0.445 e. The van der Waals surface area contributed by atoms with Crippen molar-refractivity contribution in [1.29, 1.82) is 0 Å². The fourth-order valence-corrected chi connectivity index (χ4v) is 8.46. The summed E-state index contributed by atoms with van der Waals surface area (Å²) in [5.41, 5.74) is 2.96. The first-order valence-electron chi connectivity index (χ1n) is 20.2. The zero-order chi connectivity index (χ0) is 44.9. The first kappa shape index (κ1) is 49.7. The van der Waals surface area contributed by atoms with Crippen molar-refractivity contribution in [3.05, 3.63) is 103 Å². The molecule has 1 N–H and O–H groups in total. The molecule has 17 heteroatoms. The van der Waals surface area contributed by atoms with Crippen LogP contribution in [-0.4, -0.2) is 92.5 Å². The summed E-state index contributed by atoms with van der Waals surface area (Å²) in [6.45, 7) is 21.1. The number of carbonyl (C=O) groups excluding carboxylic acids is 4. The van der Waals surface area contributed by atoms with Gasteiger partial charge in [0.2, 0.25) is 5.24 Å². The van der Waals surface area contributed by atoms with E-state index in [2.05, 4.69) is 40.6 Å². The summed E-state index contributed by atoms with van der Waals surface area (Å²) in [5.74, 6) is 0.320. The van der Waals surface area contributed by atoms with Crippen molar-refractivity contribution in [2.24, 2.45) is 10.8 Å². The molecule has 12 nitrogen and oxygen atoms in total. The second-order valence-electron chi connectivity index (χ2n) is 16.9. The van der Waals surface area contributed by atoms with Crippen LogP contribution in [0, 0.1) is 10.8 Å². The third-order valence-electron chi connectivity index (χ3n) is 9.78. The molecule has 2 aliphatic rings. The smallest absolute Gasteiger partial charge is 0.410 e. The first-order chi connectivity index (χ1) is 28.8. The molecular formula is C44H57Cl3N6O6S2. The molecule has 332 valence electrons. The van der Waals surface area contributed by atoms with Crippen molar-refractivity contribution < 1.29 is 28.7 Å². The normalized spacial score (nSPS) is 16.3. The van der Waals surface area contributed by atoms with Gasteiger partial charge in [0.25, 0.3) is 5.91 Å². The van der Waals surface area contributed by atoms with E-state index < -0.39 is 5.41 Å². The molecule has 0 saturated carbocycles. The molecule has 6 heterocycles. The molecule has 2 aliphatic heterocycles. The second-order valence-corrected chi connectivity index (χ2v) is 20.8. The van der Waals surface area contributed by atoms with Crippen LogP contribution >= 0.6 is 57.5 Å². The van der Waals surface area contributed by atoms with E-state index in [-0.39, 0.29) is 53.8 Å². The average molecular weight is 936 g/mol. The van der Waals surface area contributed by atoms with Gasteiger partial charge < -0.3 is 19.3 Å². The standard InChI is InChI=1S/C22H28ClN3O3S.C17H20ClN3O2S.C5H9ClO/c1-5-12-29-21(28)25-11-10-15(14-25)18-13-16(6-7-17-8-9-19(23)30-17)26(24-18)20(27)22(2,3)4;1-2-9-23-17(22)21-8-7-12(11-21)15-10-13(19-20-15)3-4-14-5-6-16(18)24-14;1-5(2,3)4(6)7/h5,8-9,13,15H,1,6-7,10-12,14H2,2-4H3;2,5-6,10,12H,1,3-4,7-9,11H2,(H,19,20);1-3H3. The third-order valence-corrected chi connectivity index (χ3v) is 12.9. The van der Waals surface area contributed by atoms with E-state index in [1.807, 2.05) is 45.0 Å². The third kappa shape index (κ3) is 15.4. The Morgan fingerprint density at radius 2 is 1.26 bits per heavy atom. The van der Waals surface area contributed by atoms with Gasteiger partial charge in [-0.2, -0.15) is 10.2 Å². The quantitative estimate of drug-likeness (QED) is 0.109. The maximum atomic E-state index is 13.0. The summed E-state index contributed by atoms with van der Waals surface area (Å²) >= 11 is 20.3. The Bertz CT molecular complexity index is 2110. The lowest BCUT2D eigenvalue weighted by molar-refractivity contribution is -0.118. The van der Waals surface area contributed by atoms with Crippen LogP contribution in [0.5, 0.6) is 0 Å². The lowest BCUT2D eigenvalue weighted by atomic mass is 9.95. The predicted molar refractivity (Wildman–Crippen MR) is 246 cm³/mol. The molecule has 4 aromatic rings. The number of amides is 2. The number of aromatic nitrogens is 4. The van der Waals surface area contributed by atoms with Gasteiger partial charge in [-0.1, -0.05) is 90.1 Å². The van der Waals surface area contributed by atoms with E-state index in [0.29, 0.717) is 32.6 Å². The maximum absolute atomic E-state index is 13.0. The van der Waals surface area contributed by atoms with E-state index in [1.165, 1.54) is 9.75 Å². The molecule has 61 heavy (non-hydrogen) atoms. The predicted octanol–water partition coefficient (Wildman–Crippen LogP) is 11.0. The number of nitrogens with zero attached hydrogens (tertiary/aromatic N) is 5. The Morgan fingerprint density at radius 1 is 0.770 bits per heavy atom. The van der Waals surface area contributed by atoms with Gasteiger partial charge in [-0.25, -0.2) is 14.3 Å². The van der Waals surface area contributed by atoms with Gasteiger partial charge >= 0.3 is 12.2 Å². The van der Waals surface area contributed by atoms with Gasteiger partial charge in [-0.3, -0.25) is 14.7 Å². The minimum atomic E-state index is -0.541. The molecule has 4 aromatic heterocycles. The topological polar surface area (TPSA) is 140 Å². The van der Waals surface area contributed by atoms with Crippen molar-refractivity contribution in [1.82, 2.24) is 29.8 Å². The van der Waals surface area contributed by atoms with Crippen molar-refractivity contribution in [3.8, 4) is 0 Å². The summed E-state index contributed by atoms with van der Waals surface area (Å²) in [6.07, 6.45) is 7.57. The van der Waals surface area contributed by atoms with Crippen LogP contribution in [-0.2, 0) is 40.0 Å². The molecule has 0 aromatic carbocycles. The van der Waals surface area contributed by atoms with Crippen molar-refractivity contribution in [3.63, 3.8) is 0 Å². The van der Waals surface area contributed by atoms with Crippen LogP contribution in [0.4, 0.5) is 9.59 Å². The minimum Gasteiger partial charge on any atom is -0.445 e. The second kappa shape index (κ2) is 22.9. The van der Waals surface area contributed by atoms with E-state index in [9.17, 15) is 19.2 Å². The number of carbonyl (C=O) groups is 4. The number of nitrogens with one attached hydrogen (secondary N) is 1. The van der Waals surface area contributed by atoms with Gasteiger partial charge in [0.05, 0.1) is 20.1 Å². The lowest BCUT2D eigenvalue weighted by Gasteiger charge is -2.18. The zero-order valence-electron chi connectivity index (χ0n) is 35.8. The van der Waals surface area contributed by atoms with E-state index >= 15 is 0 Å². The average Bonchev–Trinajstić information content (AvgIpc) is 4.06. The molecule has 0 radical (unpaired) electrons. The maximum Gasteiger partial charge on any atom is 0.410 e. The molecule has 2 atom stereocenters. The monoisotopic (exact) mass is 934 g/mol. The van der Waals surface area contributed by atoms with Crippen molar-refractivity contribution >= 4 is 80.8 Å². The summed E-state index contributed by atoms with van der Waals surface area (Å²) in [5, 5.41) is 11.9. The molecular weight excluding hydrogens is 879 g/mol. The van der Waals surface area contributed by atoms with Crippen LogP contribution in [0.25, 0.3) is 0 Å². The molecule has 2 saturated heterocycles. The minimum absolute atomic E-state index is 0.0341. The van der Waals surface area contributed by atoms with E-state index in [4.69, 9.17) is 44.3 Å². The number of rotatable bonds is 12. The number of ether oxygens (including phenoxy) is 2. The number of H-pyrrole nitrogens is 1. The highest BCUT2D eigenvalue weighted by molar-refractivity contribution is 7.16. The van der Waals surface area contributed by atoms with E-state index in [1.54, 1.807) is 70.1 Å². The lowest BCUT2D eigenvalue weighted by Crippen LogP contribution is -2.30. The zero-order valence-corrected chi connectivity index (χ0v) is 39.7. The fourth-order valence-electron chi connectivity index (χ4n) is 6.29. The van der Waals surface area contributed by atoms with Crippen LogP contribution < -0.4 is 0 Å². The Kier molecular flexibility index (Phi) is 18.7. The number of likely N-dealkylation sites (tertiary alicyclic amines) is 2. The highest BCUT2D eigenvalue weighted by Gasteiger charge is 2.33. The first-order valence-corrected chi connectivity index (χ1v) is 23.0. The molecule has 0 spiro atoms. The Hall–Kier alpha value is -3.95. The summed E-state index contributed by atoms with van der Waals surface area (Å²) in [6, 6.07) is 12.0. The molecule has 2 amide bonds. The van der Waals surface area contributed by atoms with Gasteiger partial charge in [-0.15, -0.1) is 22.7 Å². The Balaban J connectivity index is 0.000000236. The molecule has 6 rings (SSSR count). The van der Waals surface area contributed by atoms with Gasteiger partial charge in [-0.05, 0) is 86.5 Å². The molecule has 0 bridgehead atoms. The van der Waals surface area contributed by atoms with Crippen molar-refractivity contribution in [2.45, 2.75) is 91.9 Å². The van der Waals surface area contributed by atoms with Crippen LogP contribution in [0.1, 0.15) is 104 Å².